The Hall–Kier alpha value is -1.87. The number of benzene rings is 1. The van der Waals surface area contributed by atoms with E-state index in [1.54, 1.807) is 17.6 Å². The van der Waals surface area contributed by atoms with Crippen LogP contribution in [0.3, 0.4) is 0 Å². The summed E-state index contributed by atoms with van der Waals surface area (Å²) < 4.78 is 5.55. The molecule has 0 radical (unpaired) electrons. The molecule has 0 atom stereocenters. The quantitative estimate of drug-likeness (QED) is 0.299. The van der Waals surface area contributed by atoms with Crippen LogP contribution >= 0.6 is 35.3 Å². The van der Waals surface area contributed by atoms with E-state index >= 15 is 0 Å². The van der Waals surface area contributed by atoms with Gasteiger partial charge in [-0.2, -0.15) is 0 Å². The average molecular weight is 482 g/mol. The molecule has 3 rings (SSSR count). The number of aromatic nitrogens is 1. The molecule has 3 aromatic rings. The predicted molar refractivity (Wildman–Crippen MR) is 118 cm³/mol. The molecule has 0 aliphatic heterocycles. The molecule has 0 fully saturated rings. The summed E-state index contributed by atoms with van der Waals surface area (Å²) in [6.45, 7) is 4.20. The fourth-order valence-electron chi connectivity index (χ4n) is 2.35. The van der Waals surface area contributed by atoms with Crippen molar-refractivity contribution in [3.05, 3.63) is 64.7 Å². The third-order valence-corrected chi connectivity index (χ3v) is 4.50. The molecule has 0 saturated carbocycles. The summed E-state index contributed by atoms with van der Waals surface area (Å²) >= 11 is 1.78. The minimum Gasteiger partial charge on any atom is -0.444 e. The van der Waals surface area contributed by atoms with Gasteiger partial charge in [0.1, 0.15) is 12.0 Å². The second-order valence-corrected chi connectivity index (χ2v) is 6.49. The second-order valence-electron chi connectivity index (χ2n) is 5.46. The van der Waals surface area contributed by atoms with Gasteiger partial charge in [0.05, 0.1) is 6.54 Å². The molecule has 0 aliphatic carbocycles. The average Bonchev–Trinajstić information content (AvgIpc) is 3.32. The fraction of sp³-hybridized carbons (Fsp3) is 0.263. The molecule has 138 valence electrons. The number of hydrogen-bond donors (Lipinski definition) is 2. The Morgan fingerprint density at radius 1 is 1.15 bits per heavy atom. The molecule has 5 nitrogen and oxygen atoms in total. The Morgan fingerprint density at radius 3 is 2.73 bits per heavy atom. The van der Waals surface area contributed by atoms with Crippen LogP contribution in [0.2, 0.25) is 0 Å². The summed E-state index contributed by atoms with van der Waals surface area (Å²) in [4.78, 5) is 10.5. The standard InChI is InChI=1S/C19H22N4OS.HI/c1-2-20-19(21-11-10-17-9-6-12-25-17)22-13-16-14-24-18(23-16)15-7-4-3-5-8-15;/h3-9,12,14H,2,10-11,13H2,1H3,(H2,20,21,22);1H. The molecular weight excluding hydrogens is 459 g/mol. The number of aliphatic imine (C=N–C) groups is 1. The van der Waals surface area contributed by atoms with Crippen molar-refractivity contribution in [1.29, 1.82) is 0 Å². The first-order valence-electron chi connectivity index (χ1n) is 8.39. The first-order valence-corrected chi connectivity index (χ1v) is 9.27. The van der Waals surface area contributed by atoms with Crippen molar-refractivity contribution >= 4 is 41.3 Å². The van der Waals surface area contributed by atoms with Crippen LogP contribution in [0, 0.1) is 0 Å². The Kier molecular flexibility index (Phi) is 8.63. The smallest absolute Gasteiger partial charge is 0.226 e. The van der Waals surface area contributed by atoms with Crippen molar-refractivity contribution < 1.29 is 4.42 Å². The lowest BCUT2D eigenvalue weighted by Gasteiger charge is -2.10. The van der Waals surface area contributed by atoms with Gasteiger partial charge in [0.15, 0.2) is 5.96 Å². The van der Waals surface area contributed by atoms with Gasteiger partial charge in [0, 0.05) is 23.5 Å². The first-order chi connectivity index (χ1) is 12.3. The Balaban J connectivity index is 0.00000243. The van der Waals surface area contributed by atoms with Crippen molar-refractivity contribution in [3.8, 4) is 11.5 Å². The highest BCUT2D eigenvalue weighted by atomic mass is 127. The van der Waals surface area contributed by atoms with Gasteiger partial charge in [-0.1, -0.05) is 24.3 Å². The molecule has 2 heterocycles. The van der Waals surface area contributed by atoms with E-state index in [0.717, 1.165) is 36.7 Å². The maximum atomic E-state index is 5.55. The highest BCUT2D eigenvalue weighted by Crippen LogP contribution is 2.18. The zero-order valence-electron chi connectivity index (χ0n) is 14.6. The number of nitrogens with zero attached hydrogens (tertiary/aromatic N) is 2. The maximum absolute atomic E-state index is 5.55. The third-order valence-electron chi connectivity index (χ3n) is 3.56. The zero-order valence-corrected chi connectivity index (χ0v) is 17.8. The maximum Gasteiger partial charge on any atom is 0.226 e. The van der Waals surface area contributed by atoms with E-state index in [4.69, 9.17) is 4.42 Å². The molecule has 0 unspecified atom stereocenters. The van der Waals surface area contributed by atoms with Crippen molar-refractivity contribution in [2.45, 2.75) is 19.9 Å². The second kappa shape index (κ2) is 11.0. The predicted octanol–water partition coefficient (Wildman–Crippen LogP) is 4.32. The van der Waals surface area contributed by atoms with Crippen molar-refractivity contribution in [2.75, 3.05) is 13.1 Å². The lowest BCUT2D eigenvalue weighted by Crippen LogP contribution is -2.38. The molecule has 0 saturated heterocycles. The van der Waals surface area contributed by atoms with Crippen LogP contribution < -0.4 is 10.6 Å². The number of thiophene rings is 1. The van der Waals surface area contributed by atoms with Crippen molar-refractivity contribution in [3.63, 3.8) is 0 Å². The molecule has 26 heavy (non-hydrogen) atoms. The monoisotopic (exact) mass is 482 g/mol. The molecule has 0 spiro atoms. The van der Waals surface area contributed by atoms with Gasteiger partial charge in [0.2, 0.25) is 5.89 Å². The lowest BCUT2D eigenvalue weighted by atomic mass is 10.2. The van der Waals surface area contributed by atoms with E-state index in [0.29, 0.717) is 12.4 Å². The van der Waals surface area contributed by atoms with Crippen LogP contribution in [0.5, 0.6) is 0 Å². The van der Waals surface area contributed by atoms with Crippen LogP contribution in [0.1, 0.15) is 17.5 Å². The molecular formula is C19H23IN4OS. The van der Waals surface area contributed by atoms with Crippen molar-refractivity contribution in [1.82, 2.24) is 15.6 Å². The van der Waals surface area contributed by atoms with Crippen LogP contribution in [-0.4, -0.2) is 24.0 Å². The van der Waals surface area contributed by atoms with E-state index in [2.05, 4.69) is 45.0 Å². The molecule has 0 bridgehead atoms. The highest BCUT2D eigenvalue weighted by molar-refractivity contribution is 14.0. The number of halogens is 1. The Morgan fingerprint density at radius 2 is 2.00 bits per heavy atom. The SMILES string of the molecule is CCNC(=NCc1coc(-c2ccccc2)n1)NCCc1cccs1.I. The van der Waals surface area contributed by atoms with Crippen LogP contribution in [0.4, 0.5) is 0 Å². The van der Waals surface area contributed by atoms with Gasteiger partial charge < -0.3 is 15.1 Å². The summed E-state index contributed by atoms with van der Waals surface area (Å²) in [5, 5.41) is 8.71. The van der Waals surface area contributed by atoms with Crippen LogP contribution in [0.15, 0.2) is 63.5 Å². The molecule has 0 amide bonds. The van der Waals surface area contributed by atoms with Gasteiger partial charge >= 0.3 is 0 Å². The highest BCUT2D eigenvalue weighted by Gasteiger charge is 2.06. The summed E-state index contributed by atoms with van der Waals surface area (Å²) in [5.41, 5.74) is 1.79. The summed E-state index contributed by atoms with van der Waals surface area (Å²) in [5.74, 6) is 1.42. The Bertz CT molecular complexity index is 787. The minimum atomic E-state index is 0. The molecule has 0 aliphatic rings. The van der Waals surface area contributed by atoms with Gasteiger partial charge in [-0.15, -0.1) is 35.3 Å². The van der Waals surface area contributed by atoms with Gasteiger partial charge in [-0.05, 0) is 36.9 Å². The first kappa shape index (κ1) is 20.4. The molecule has 2 aromatic heterocycles. The molecule has 1 aromatic carbocycles. The summed E-state index contributed by atoms with van der Waals surface area (Å²) in [7, 11) is 0. The normalized spacial score (nSPS) is 11.0. The largest absolute Gasteiger partial charge is 0.444 e. The number of hydrogen-bond acceptors (Lipinski definition) is 4. The Labute approximate surface area is 175 Å². The minimum absolute atomic E-state index is 0. The van der Waals surface area contributed by atoms with Gasteiger partial charge in [-0.3, -0.25) is 0 Å². The van der Waals surface area contributed by atoms with E-state index in [9.17, 15) is 0 Å². The van der Waals surface area contributed by atoms with Crippen LogP contribution in [-0.2, 0) is 13.0 Å². The summed E-state index contributed by atoms with van der Waals surface area (Å²) in [6.07, 6.45) is 2.66. The number of oxazole rings is 1. The lowest BCUT2D eigenvalue weighted by molar-refractivity contribution is 0.572. The number of nitrogens with one attached hydrogen (secondary N) is 2. The molecule has 7 heteroatoms. The third kappa shape index (κ3) is 6.14. The zero-order chi connectivity index (χ0) is 17.3. The van der Waals surface area contributed by atoms with E-state index in [1.165, 1.54) is 4.88 Å². The van der Waals surface area contributed by atoms with E-state index < -0.39 is 0 Å². The van der Waals surface area contributed by atoms with Gasteiger partial charge in [-0.25, -0.2) is 9.98 Å². The van der Waals surface area contributed by atoms with Crippen molar-refractivity contribution in [2.24, 2.45) is 4.99 Å². The molecule has 2 N–H and O–H groups in total. The fourth-order valence-corrected chi connectivity index (χ4v) is 3.06. The number of guanidine groups is 1. The topological polar surface area (TPSA) is 62.5 Å². The van der Waals surface area contributed by atoms with E-state index in [1.807, 2.05) is 30.3 Å². The number of rotatable bonds is 7. The van der Waals surface area contributed by atoms with E-state index in [-0.39, 0.29) is 24.0 Å². The summed E-state index contributed by atoms with van der Waals surface area (Å²) in [6, 6.07) is 14.1. The van der Waals surface area contributed by atoms with Gasteiger partial charge in [0.25, 0.3) is 0 Å². The van der Waals surface area contributed by atoms with Crippen LogP contribution in [0.25, 0.3) is 11.5 Å².